The van der Waals surface area contributed by atoms with E-state index in [0.29, 0.717) is 5.92 Å². The maximum Gasteiger partial charge on any atom is 0.229 e. The monoisotopic (exact) mass is 334 g/mol. The molecule has 0 radical (unpaired) electrons. The van der Waals surface area contributed by atoms with Crippen molar-refractivity contribution in [3.05, 3.63) is 66.1 Å². The molecule has 1 aromatic carbocycles. The van der Waals surface area contributed by atoms with Gasteiger partial charge < -0.3 is 4.90 Å². The Morgan fingerprint density at radius 1 is 1.04 bits per heavy atom. The molecule has 25 heavy (non-hydrogen) atoms. The summed E-state index contributed by atoms with van der Waals surface area (Å²) in [5, 5.41) is 8.63. The second kappa shape index (κ2) is 6.67. The van der Waals surface area contributed by atoms with E-state index < -0.39 is 0 Å². The molecule has 3 heterocycles. The van der Waals surface area contributed by atoms with Gasteiger partial charge in [0, 0.05) is 25.2 Å². The van der Waals surface area contributed by atoms with E-state index >= 15 is 0 Å². The summed E-state index contributed by atoms with van der Waals surface area (Å²) in [5.41, 5.74) is 1.96. The van der Waals surface area contributed by atoms with Crippen LogP contribution in [-0.4, -0.2) is 38.5 Å². The third-order valence-electron chi connectivity index (χ3n) is 5.18. The predicted octanol–water partition coefficient (Wildman–Crippen LogP) is 3.24. The number of fused-ring (bicyclic) bond motifs is 1. The molecule has 5 nitrogen and oxygen atoms in total. The van der Waals surface area contributed by atoms with Crippen molar-refractivity contribution in [2.24, 2.45) is 0 Å². The molecule has 4 rings (SSSR count). The van der Waals surface area contributed by atoms with Crippen molar-refractivity contribution in [1.29, 1.82) is 0 Å². The minimum absolute atomic E-state index is 0.0910. The number of aromatic nitrogens is 3. The summed E-state index contributed by atoms with van der Waals surface area (Å²) >= 11 is 0. The number of hydrogen-bond acceptors (Lipinski definition) is 3. The number of piperidine rings is 1. The highest BCUT2D eigenvalue weighted by Crippen LogP contribution is 2.29. The van der Waals surface area contributed by atoms with Crippen molar-refractivity contribution in [3.63, 3.8) is 0 Å². The lowest BCUT2D eigenvalue weighted by molar-refractivity contribution is -0.133. The number of hydrogen-bond donors (Lipinski definition) is 0. The molecule has 128 valence electrons. The van der Waals surface area contributed by atoms with E-state index in [0.717, 1.165) is 43.0 Å². The third-order valence-corrected chi connectivity index (χ3v) is 5.18. The first kappa shape index (κ1) is 15.8. The topological polar surface area (TPSA) is 50.5 Å². The van der Waals surface area contributed by atoms with Crippen LogP contribution in [0.2, 0.25) is 0 Å². The number of carbonyl (C=O) groups excluding carboxylic acids is 1. The highest BCUT2D eigenvalue weighted by atomic mass is 16.2. The van der Waals surface area contributed by atoms with Gasteiger partial charge in [0.15, 0.2) is 5.65 Å². The largest absolute Gasteiger partial charge is 0.342 e. The minimum Gasteiger partial charge on any atom is -0.342 e. The predicted molar refractivity (Wildman–Crippen MR) is 96.4 cm³/mol. The third kappa shape index (κ3) is 3.02. The first-order chi connectivity index (χ1) is 12.2. The molecule has 1 aliphatic rings. The molecule has 1 atom stereocenters. The zero-order valence-electron chi connectivity index (χ0n) is 14.4. The Bertz CT molecular complexity index is 866. The van der Waals surface area contributed by atoms with Gasteiger partial charge in [-0.15, -0.1) is 10.2 Å². The van der Waals surface area contributed by atoms with E-state index in [4.69, 9.17) is 0 Å². The summed E-state index contributed by atoms with van der Waals surface area (Å²) in [6.45, 7) is 3.56. The SMILES string of the molecule is C[C@H](C(=O)N1CCC(c2nnc3ccccn23)CC1)c1ccccc1. The fourth-order valence-corrected chi connectivity index (χ4v) is 3.65. The van der Waals surface area contributed by atoms with Crippen LogP contribution in [0.5, 0.6) is 0 Å². The average molecular weight is 334 g/mol. The van der Waals surface area contributed by atoms with E-state index in [1.54, 1.807) is 0 Å². The highest BCUT2D eigenvalue weighted by Gasteiger charge is 2.29. The van der Waals surface area contributed by atoms with Crippen LogP contribution in [0, 0.1) is 0 Å². The first-order valence-electron chi connectivity index (χ1n) is 8.87. The van der Waals surface area contributed by atoms with Gasteiger partial charge >= 0.3 is 0 Å². The normalized spacial score (nSPS) is 16.9. The molecule has 1 fully saturated rings. The smallest absolute Gasteiger partial charge is 0.229 e. The number of likely N-dealkylation sites (tertiary alicyclic amines) is 1. The van der Waals surface area contributed by atoms with Crippen LogP contribution < -0.4 is 0 Å². The van der Waals surface area contributed by atoms with E-state index in [1.165, 1.54) is 0 Å². The van der Waals surface area contributed by atoms with Gasteiger partial charge in [-0.1, -0.05) is 36.4 Å². The molecule has 2 aromatic heterocycles. The van der Waals surface area contributed by atoms with Crippen LogP contribution in [0.25, 0.3) is 5.65 Å². The van der Waals surface area contributed by atoms with E-state index in [-0.39, 0.29) is 11.8 Å². The molecule has 1 saturated heterocycles. The number of carbonyl (C=O) groups is 1. The van der Waals surface area contributed by atoms with Gasteiger partial charge in [-0.25, -0.2) is 0 Å². The fourth-order valence-electron chi connectivity index (χ4n) is 3.65. The lowest BCUT2D eigenvalue weighted by Crippen LogP contribution is -2.40. The number of benzene rings is 1. The number of nitrogens with zero attached hydrogens (tertiary/aromatic N) is 4. The van der Waals surface area contributed by atoms with Gasteiger partial charge in [-0.3, -0.25) is 9.20 Å². The second-order valence-corrected chi connectivity index (χ2v) is 6.72. The molecule has 0 aliphatic carbocycles. The minimum atomic E-state index is -0.0910. The molecular formula is C20H22N4O. The zero-order valence-corrected chi connectivity index (χ0v) is 14.4. The molecule has 0 spiro atoms. The van der Waals surface area contributed by atoms with Crippen molar-refractivity contribution in [1.82, 2.24) is 19.5 Å². The molecule has 1 amide bonds. The van der Waals surface area contributed by atoms with Crippen molar-refractivity contribution < 1.29 is 4.79 Å². The van der Waals surface area contributed by atoms with Gasteiger partial charge in [0.25, 0.3) is 0 Å². The summed E-state index contributed by atoms with van der Waals surface area (Å²) in [6.07, 6.45) is 3.88. The quantitative estimate of drug-likeness (QED) is 0.739. The molecule has 0 unspecified atom stereocenters. The lowest BCUT2D eigenvalue weighted by Gasteiger charge is -2.33. The van der Waals surface area contributed by atoms with E-state index in [1.807, 2.05) is 66.6 Å². The Hall–Kier alpha value is -2.69. The van der Waals surface area contributed by atoms with Gasteiger partial charge in [0.05, 0.1) is 5.92 Å². The lowest BCUT2D eigenvalue weighted by atomic mass is 9.93. The van der Waals surface area contributed by atoms with Crippen molar-refractivity contribution >= 4 is 11.6 Å². The molecule has 1 aliphatic heterocycles. The Morgan fingerprint density at radius 2 is 1.76 bits per heavy atom. The number of pyridine rings is 1. The van der Waals surface area contributed by atoms with Crippen LogP contribution in [0.1, 0.15) is 43.0 Å². The summed E-state index contributed by atoms with van der Waals surface area (Å²) in [7, 11) is 0. The molecule has 5 heteroatoms. The van der Waals surface area contributed by atoms with Crippen LogP contribution in [0.15, 0.2) is 54.7 Å². The van der Waals surface area contributed by atoms with Crippen molar-refractivity contribution in [2.75, 3.05) is 13.1 Å². The summed E-state index contributed by atoms with van der Waals surface area (Å²) in [4.78, 5) is 14.8. The zero-order chi connectivity index (χ0) is 17.2. The summed E-state index contributed by atoms with van der Waals surface area (Å²) < 4.78 is 2.06. The van der Waals surface area contributed by atoms with E-state index in [9.17, 15) is 4.79 Å². The molecule has 0 bridgehead atoms. The first-order valence-corrected chi connectivity index (χ1v) is 8.87. The molecule has 0 N–H and O–H groups in total. The van der Waals surface area contributed by atoms with Crippen molar-refractivity contribution in [3.8, 4) is 0 Å². The Balaban J connectivity index is 1.44. The highest BCUT2D eigenvalue weighted by molar-refractivity contribution is 5.83. The molecular weight excluding hydrogens is 312 g/mol. The van der Waals surface area contributed by atoms with Crippen molar-refractivity contribution in [2.45, 2.75) is 31.6 Å². The Morgan fingerprint density at radius 3 is 2.52 bits per heavy atom. The van der Waals surface area contributed by atoms with Crippen LogP contribution in [-0.2, 0) is 4.79 Å². The maximum absolute atomic E-state index is 12.8. The van der Waals surface area contributed by atoms with Gasteiger partial charge in [-0.2, -0.15) is 0 Å². The second-order valence-electron chi connectivity index (χ2n) is 6.72. The Kier molecular flexibility index (Phi) is 4.22. The number of rotatable bonds is 3. The van der Waals surface area contributed by atoms with Crippen LogP contribution >= 0.6 is 0 Å². The summed E-state index contributed by atoms with van der Waals surface area (Å²) in [5.74, 6) is 1.50. The fraction of sp³-hybridized carbons (Fsp3) is 0.350. The van der Waals surface area contributed by atoms with Crippen LogP contribution in [0.3, 0.4) is 0 Å². The standard InChI is InChI=1S/C20H22N4O/c1-15(16-7-3-2-4-8-16)20(25)23-13-10-17(11-14-23)19-22-21-18-9-5-6-12-24(18)19/h2-9,12,15,17H,10-11,13-14H2,1H3/t15-/m0/s1. The average Bonchev–Trinajstić information content (AvgIpc) is 3.12. The van der Waals surface area contributed by atoms with Gasteiger partial charge in [0.1, 0.15) is 5.82 Å². The van der Waals surface area contributed by atoms with Crippen LogP contribution in [0.4, 0.5) is 0 Å². The summed E-state index contributed by atoms with van der Waals surface area (Å²) in [6, 6.07) is 15.9. The molecule has 3 aromatic rings. The van der Waals surface area contributed by atoms with Gasteiger partial charge in [-0.05, 0) is 37.5 Å². The van der Waals surface area contributed by atoms with Gasteiger partial charge in [0.2, 0.25) is 5.91 Å². The Labute approximate surface area is 147 Å². The molecule has 0 saturated carbocycles. The van der Waals surface area contributed by atoms with E-state index in [2.05, 4.69) is 14.6 Å². The maximum atomic E-state index is 12.8. The number of amides is 1.